The van der Waals surface area contributed by atoms with Crippen LogP contribution in [0.4, 0.5) is 45.5 Å². The molecule has 0 spiro atoms. The van der Waals surface area contributed by atoms with Gasteiger partial charge in [0.15, 0.2) is 0 Å². The van der Waals surface area contributed by atoms with Crippen LogP contribution in [0.2, 0.25) is 0 Å². The van der Waals surface area contributed by atoms with Crippen LogP contribution >= 0.6 is 0 Å². The van der Waals surface area contributed by atoms with Crippen molar-refractivity contribution < 1.29 is 58.2 Å². The van der Waals surface area contributed by atoms with Crippen LogP contribution in [0.1, 0.15) is 60.7 Å². The molecule has 8 rings (SSSR count). The van der Waals surface area contributed by atoms with Gasteiger partial charge in [-0.25, -0.2) is 14.4 Å². The monoisotopic (exact) mass is 1080 g/mol. The van der Waals surface area contributed by atoms with Crippen molar-refractivity contribution in [2.24, 2.45) is 0 Å². The number of nitrogens with one attached hydrogen (secondary N) is 6. The maximum Gasteiger partial charge on any atom is 0.337 e. The Morgan fingerprint density at radius 1 is 0.412 bits per heavy atom. The lowest BCUT2D eigenvalue weighted by Gasteiger charge is -2.19. The molecule has 408 valence electrons. The molecule has 1 atom stereocenters. The summed E-state index contributed by atoms with van der Waals surface area (Å²) in [7, 11) is 6.13. The lowest BCUT2D eigenvalue weighted by atomic mass is 10.0. The minimum absolute atomic E-state index is 0.0982. The highest BCUT2D eigenvalue weighted by Crippen LogP contribution is 2.40. The average molecular weight is 1080 g/mol. The van der Waals surface area contributed by atoms with Gasteiger partial charge in [0.1, 0.15) is 29.0 Å². The summed E-state index contributed by atoms with van der Waals surface area (Å²) in [4.78, 5) is 63.4. The average Bonchev–Trinajstić information content (AvgIpc) is 3.47. The van der Waals surface area contributed by atoms with Crippen molar-refractivity contribution in [2.75, 3.05) is 56.3 Å². The van der Waals surface area contributed by atoms with Crippen molar-refractivity contribution in [3.05, 3.63) is 192 Å². The van der Waals surface area contributed by atoms with E-state index in [9.17, 15) is 39.3 Å². The first kappa shape index (κ1) is 55.7. The predicted octanol–water partition coefficient (Wildman–Crippen LogP) is 12.2. The number of aromatic carboxylic acids is 2. The number of carbonyl (C=O) groups excluding carboxylic acids is 2. The summed E-state index contributed by atoms with van der Waals surface area (Å²) in [6.45, 7) is 0.238. The molecular weight excluding hydrogens is 1020 g/mol. The fraction of sp³-hybridized carbons (Fsp3) is 0.145. The summed E-state index contributed by atoms with van der Waals surface area (Å²) in [5.41, 5.74) is 8.03. The summed E-state index contributed by atoms with van der Waals surface area (Å²) in [6.07, 6.45) is 0.897. The van der Waals surface area contributed by atoms with Crippen LogP contribution < -0.4 is 50.8 Å². The molecule has 0 aliphatic rings. The van der Waals surface area contributed by atoms with Crippen molar-refractivity contribution >= 4 is 75.2 Å². The molecule has 0 saturated carbocycles. The number of carboxylic acid groups (broad SMARTS) is 3. The van der Waals surface area contributed by atoms with E-state index in [0.717, 1.165) is 22.3 Å². The number of para-hydroxylation sites is 4. The molecule has 8 aromatic carbocycles. The molecule has 2 amide bonds. The molecule has 0 aromatic heterocycles. The number of carboxylic acids is 3. The standard InChI is InChI=1S/C62H58N6O12/c1-77-54-36-40(64-48-21-11-7-17-44(48)60(71)72)27-28-41(54)39-26-31-52(57(35-39)80-4)66-47-20-10-6-16-43(47)59(70)68-53(62(75)76)23-13-14-32-63-58(69)42-15-5-9-19-46(42)65-50-29-24-37(33-55(50)78-2)38-25-30-51(56(34-38)79-3)67-49-22-12-8-18-45(49)61(73)74/h5-12,15-22,24-31,33-36,53,64-67H,13-14,23,32H2,1-4H3,(H,63,69)(H,68,70)(H,71,72)(H,73,74)(H,75,76). The fourth-order valence-electron chi connectivity index (χ4n) is 8.91. The molecule has 0 aliphatic heterocycles. The number of anilines is 8. The number of amides is 2. The van der Waals surface area contributed by atoms with E-state index in [4.69, 9.17) is 18.9 Å². The lowest BCUT2D eigenvalue weighted by molar-refractivity contribution is -0.139. The molecule has 80 heavy (non-hydrogen) atoms. The van der Waals surface area contributed by atoms with Crippen LogP contribution in [-0.2, 0) is 4.79 Å². The number of methoxy groups -OCH3 is 4. The van der Waals surface area contributed by atoms with Crippen molar-refractivity contribution in [2.45, 2.75) is 25.3 Å². The van der Waals surface area contributed by atoms with Gasteiger partial charge in [-0.15, -0.1) is 0 Å². The van der Waals surface area contributed by atoms with E-state index in [0.29, 0.717) is 86.9 Å². The third kappa shape index (κ3) is 13.4. The second kappa shape index (κ2) is 26.0. The number of benzene rings is 8. The molecule has 0 fully saturated rings. The molecule has 0 aliphatic carbocycles. The molecular formula is C62H58N6O12. The number of hydrogen-bond acceptors (Lipinski definition) is 13. The van der Waals surface area contributed by atoms with Crippen LogP contribution in [0.3, 0.4) is 0 Å². The van der Waals surface area contributed by atoms with E-state index in [2.05, 4.69) is 31.9 Å². The van der Waals surface area contributed by atoms with Gasteiger partial charge in [-0.05, 0) is 133 Å². The Morgan fingerprint density at radius 2 is 0.825 bits per heavy atom. The first-order valence-corrected chi connectivity index (χ1v) is 25.2. The van der Waals surface area contributed by atoms with Crippen molar-refractivity contribution in [3.8, 4) is 45.3 Å². The summed E-state index contributed by atoms with van der Waals surface area (Å²) >= 11 is 0. The SMILES string of the molecule is COc1cc(-c2ccc(Nc3ccccc3C(=O)NCCCCC(NC(=O)c3ccccc3Nc3ccc(-c4ccc(Nc5ccccc5C(=O)O)cc4OC)cc3OC)C(=O)O)c(OC)c2)ccc1Nc1ccccc1C(=O)O. The zero-order chi connectivity index (χ0) is 56.7. The van der Waals surface area contributed by atoms with Crippen LogP contribution in [0.25, 0.3) is 22.3 Å². The summed E-state index contributed by atoms with van der Waals surface area (Å²) in [5.74, 6) is -2.31. The maximum atomic E-state index is 13.8. The molecule has 18 nitrogen and oxygen atoms in total. The van der Waals surface area contributed by atoms with E-state index >= 15 is 0 Å². The van der Waals surface area contributed by atoms with Gasteiger partial charge in [0.25, 0.3) is 11.8 Å². The predicted molar refractivity (Wildman–Crippen MR) is 308 cm³/mol. The second-order valence-corrected chi connectivity index (χ2v) is 18.1. The quantitative estimate of drug-likeness (QED) is 0.0241. The Morgan fingerprint density at radius 3 is 1.29 bits per heavy atom. The van der Waals surface area contributed by atoms with Crippen molar-refractivity contribution in [3.63, 3.8) is 0 Å². The molecule has 1 unspecified atom stereocenters. The van der Waals surface area contributed by atoms with Crippen molar-refractivity contribution in [1.29, 1.82) is 0 Å². The van der Waals surface area contributed by atoms with Crippen LogP contribution in [0, 0.1) is 0 Å². The van der Waals surface area contributed by atoms with Crippen LogP contribution in [0.15, 0.2) is 170 Å². The van der Waals surface area contributed by atoms with E-state index in [-0.39, 0.29) is 35.6 Å². The van der Waals surface area contributed by atoms with E-state index in [1.165, 1.54) is 33.5 Å². The third-order valence-corrected chi connectivity index (χ3v) is 13.0. The van der Waals surface area contributed by atoms with Gasteiger partial charge in [-0.2, -0.15) is 0 Å². The molecule has 18 heteroatoms. The first-order chi connectivity index (χ1) is 38.8. The highest BCUT2D eigenvalue weighted by molar-refractivity contribution is 6.03. The Hall–Kier alpha value is -10.5. The van der Waals surface area contributed by atoms with E-state index in [1.807, 2.05) is 54.6 Å². The Labute approximate surface area is 461 Å². The second-order valence-electron chi connectivity index (χ2n) is 18.1. The first-order valence-electron chi connectivity index (χ1n) is 25.2. The van der Waals surface area contributed by atoms with Gasteiger partial charge in [-0.3, -0.25) is 9.59 Å². The number of hydrogen-bond donors (Lipinski definition) is 9. The number of carbonyl (C=O) groups is 5. The Kier molecular flexibility index (Phi) is 18.1. The number of unbranched alkanes of at least 4 members (excludes halogenated alkanes) is 1. The fourth-order valence-corrected chi connectivity index (χ4v) is 8.91. The highest BCUT2D eigenvalue weighted by atomic mass is 16.5. The maximum absolute atomic E-state index is 13.8. The molecule has 9 N–H and O–H groups in total. The van der Waals surface area contributed by atoms with E-state index in [1.54, 1.807) is 110 Å². The summed E-state index contributed by atoms with van der Waals surface area (Å²) in [6, 6.07) is 47.7. The zero-order valence-corrected chi connectivity index (χ0v) is 44.1. The number of ether oxygens (including phenoxy) is 4. The van der Waals surface area contributed by atoms with Gasteiger partial charge in [0.05, 0.1) is 90.5 Å². The van der Waals surface area contributed by atoms with E-state index < -0.39 is 29.9 Å². The van der Waals surface area contributed by atoms with Gasteiger partial charge in [0.2, 0.25) is 0 Å². The lowest BCUT2D eigenvalue weighted by Crippen LogP contribution is -2.41. The van der Waals surface area contributed by atoms with Crippen LogP contribution in [-0.4, -0.2) is 86.1 Å². The zero-order valence-electron chi connectivity index (χ0n) is 44.1. The van der Waals surface area contributed by atoms with Gasteiger partial charge >= 0.3 is 17.9 Å². The molecule has 0 saturated heterocycles. The smallest absolute Gasteiger partial charge is 0.337 e. The largest absolute Gasteiger partial charge is 0.496 e. The molecule has 0 radical (unpaired) electrons. The summed E-state index contributed by atoms with van der Waals surface area (Å²) < 4.78 is 23.0. The van der Waals surface area contributed by atoms with Crippen LogP contribution in [0.5, 0.6) is 23.0 Å². The minimum Gasteiger partial charge on any atom is -0.496 e. The molecule has 0 bridgehead atoms. The van der Waals surface area contributed by atoms with Gasteiger partial charge in [-0.1, -0.05) is 66.7 Å². The van der Waals surface area contributed by atoms with Gasteiger partial charge in [0, 0.05) is 23.9 Å². The third-order valence-electron chi connectivity index (χ3n) is 13.0. The Bertz CT molecular complexity index is 3590. The molecule has 8 aromatic rings. The normalized spacial score (nSPS) is 11.1. The van der Waals surface area contributed by atoms with Gasteiger partial charge < -0.3 is 66.2 Å². The summed E-state index contributed by atoms with van der Waals surface area (Å²) in [5, 5.41) is 48.0. The minimum atomic E-state index is -1.22. The van der Waals surface area contributed by atoms with Crippen molar-refractivity contribution in [1.82, 2.24) is 10.6 Å². The highest BCUT2D eigenvalue weighted by Gasteiger charge is 2.23. The topological polar surface area (TPSA) is 255 Å². The number of rotatable bonds is 25. The Balaban J connectivity index is 0.856. The number of aliphatic carboxylic acids is 1. The molecule has 0 heterocycles.